The SMILES string of the molecule is CC[C@H](C(=O)OC)N1c2ccc(F)cc2[C@@H](C)CC1(C)C. The Balaban J connectivity index is 2.57. The molecule has 0 aliphatic carbocycles. The Kier molecular flexibility index (Phi) is 4.26. The number of hydrogen-bond donors (Lipinski definition) is 0. The first kappa shape index (κ1) is 15.8. The van der Waals surface area contributed by atoms with E-state index in [-0.39, 0.29) is 29.3 Å². The fourth-order valence-electron chi connectivity index (χ4n) is 3.60. The van der Waals surface area contributed by atoms with Gasteiger partial charge in [-0.1, -0.05) is 13.8 Å². The van der Waals surface area contributed by atoms with Gasteiger partial charge in [0, 0.05) is 11.2 Å². The second kappa shape index (κ2) is 5.66. The Morgan fingerprint density at radius 3 is 2.76 bits per heavy atom. The molecule has 1 heterocycles. The number of nitrogens with zero attached hydrogens (tertiary/aromatic N) is 1. The number of carbonyl (C=O) groups is 1. The normalized spacial score (nSPS) is 21.6. The highest BCUT2D eigenvalue weighted by atomic mass is 19.1. The molecule has 21 heavy (non-hydrogen) atoms. The van der Waals surface area contributed by atoms with Crippen molar-refractivity contribution in [2.75, 3.05) is 12.0 Å². The number of ether oxygens (including phenoxy) is 1. The van der Waals surface area contributed by atoms with Crippen LogP contribution in [0.4, 0.5) is 10.1 Å². The van der Waals surface area contributed by atoms with Gasteiger partial charge in [-0.05, 0) is 56.4 Å². The number of hydrogen-bond acceptors (Lipinski definition) is 3. The first-order valence-electron chi connectivity index (χ1n) is 7.48. The summed E-state index contributed by atoms with van der Waals surface area (Å²) in [5.41, 5.74) is 1.73. The van der Waals surface area contributed by atoms with Crippen molar-refractivity contribution in [3.05, 3.63) is 29.6 Å². The van der Waals surface area contributed by atoms with Gasteiger partial charge in [-0.3, -0.25) is 0 Å². The minimum Gasteiger partial charge on any atom is -0.467 e. The predicted octanol–water partition coefficient (Wildman–Crippen LogP) is 3.87. The van der Waals surface area contributed by atoms with Crippen LogP contribution in [0.15, 0.2) is 18.2 Å². The summed E-state index contributed by atoms with van der Waals surface area (Å²) in [6, 6.07) is 4.49. The molecule has 0 aromatic heterocycles. The molecular weight excluding hydrogens is 269 g/mol. The molecule has 4 heteroatoms. The van der Waals surface area contributed by atoms with E-state index in [1.807, 2.05) is 6.92 Å². The number of methoxy groups -OCH3 is 1. The van der Waals surface area contributed by atoms with Gasteiger partial charge in [0.2, 0.25) is 0 Å². The molecular formula is C17H24FNO2. The standard InChI is InChI=1S/C17H24FNO2/c1-6-14(16(20)21-5)19-15-8-7-12(18)9-13(15)11(2)10-17(19,3)4/h7-9,11,14H,6,10H2,1-5H3/t11-,14+/m0/s1. The fourth-order valence-corrected chi connectivity index (χ4v) is 3.60. The van der Waals surface area contributed by atoms with Gasteiger partial charge < -0.3 is 9.64 Å². The predicted molar refractivity (Wildman–Crippen MR) is 82.1 cm³/mol. The lowest BCUT2D eigenvalue weighted by atomic mass is 9.79. The van der Waals surface area contributed by atoms with Crippen LogP contribution in [0.25, 0.3) is 0 Å². The summed E-state index contributed by atoms with van der Waals surface area (Å²) >= 11 is 0. The maximum atomic E-state index is 13.6. The molecule has 3 nitrogen and oxygen atoms in total. The van der Waals surface area contributed by atoms with E-state index in [0.717, 1.165) is 17.7 Å². The Morgan fingerprint density at radius 1 is 1.52 bits per heavy atom. The van der Waals surface area contributed by atoms with E-state index in [0.29, 0.717) is 6.42 Å². The summed E-state index contributed by atoms with van der Waals surface area (Å²) in [7, 11) is 1.41. The van der Waals surface area contributed by atoms with Gasteiger partial charge in [0.15, 0.2) is 0 Å². The zero-order valence-electron chi connectivity index (χ0n) is 13.4. The van der Waals surface area contributed by atoms with Gasteiger partial charge in [-0.2, -0.15) is 0 Å². The minimum atomic E-state index is -0.346. The van der Waals surface area contributed by atoms with Crippen LogP contribution in [0, 0.1) is 5.82 Å². The molecule has 0 saturated heterocycles. The smallest absolute Gasteiger partial charge is 0.328 e. The number of esters is 1. The van der Waals surface area contributed by atoms with Gasteiger partial charge in [-0.15, -0.1) is 0 Å². The number of anilines is 1. The fraction of sp³-hybridized carbons (Fsp3) is 0.588. The van der Waals surface area contributed by atoms with Crippen molar-refractivity contribution < 1.29 is 13.9 Å². The van der Waals surface area contributed by atoms with Crippen LogP contribution in [-0.2, 0) is 9.53 Å². The molecule has 2 atom stereocenters. The third-order valence-electron chi connectivity index (χ3n) is 4.41. The zero-order chi connectivity index (χ0) is 15.8. The molecule has 1 aromatic rings. The van der Waals surface area contributed by atoms with Crippen molar-refractivity contribution in [1.82, 2.24) is 0 Å². The van der Waals surface area contributed by atoms with Gasteiger partial charge in [-0.25, -0.2) is 9.18 Å². The molecule has 0 N–H and O–H groups in total. The average Bonchev–Trinajstić information content (AvgIpc) is 2.42. The third kappa shape index (κ3) is 2.76. The molecule has 0 spiro atoms. The highest BCUT2D eigenvalue weighted by Gasteiger charge is 2.42. The summed E-state index contributed by atoms with van der Waals surface area (Å²) in [6.07, 6.45) is 1.53. The Bertz CT molecular complexity index is 542. The Hall–Kier alpha value is -1.58. The molecule has 0 bridgehead atoms. The van der Waals surface area contributed by atoms with Crippen LogP contribution < -0.4 is 4.90 Å². The lowest BCUT2D eigenvalue weighted by Gasteiger charge is -2.50. The van der Waals surface area contributed by atoms with Crippen molar-refractivity contribution in [2.45, 2.75) is 58.0 Å². The lowest BCUT2D eigenvalue weighted by molar-refractivity contribution is -0.142. The van der Waals surface area contributed by atoms with Crippen LogP contribution in [0.5, 0.6) is 0 Å². The average molecular weight is 293 g/mol. The van der Waals surface area contributed by atoms with Crippen molar-refractivity contribution in [3.63, 3.8) is 0 Å². The molecule has 1 aliphatic rings. The number of rotatable bonds is 3. The first-order chi connectivity index (χ1) is 9.81. The molecule has 116 valence electrons. The van der Waals surface area contributed by atoms with E-state index in [1.54, 1.807) is 12.1 Å². The zero-order valence-corrected chi connectivity index (χ0v) is 13.4. The highest BCUT2D eigenvalue weighted by molar-refractivity contribution is 5.81. The van der Waals surface area contributed by atoms with E-state index >= 15 is 0 Å². The molecule has 1 aliphatic heterocycles. The molecule has 0 amide bonds. The van der Waals surface area contributed by atoms with Crippen LogP contribution in [-0.4, -0.2) is 24.7 Å². The molecule has 0 fully saturated rings. The largest absolute Gasteiger partial charge is 0.467 e. The van der Waals surface area contributed by atoms with Crippen LogP contribution >= 0.6 is 0 Å². The Labute approximate surface area is 126 Å². The summed E-state index contributed by atoms with van der Waals surface area (Å²) in [4.78, 5) is 14.3. The van der Waals surface area contributed by atoms with Crippen molar-refractivity contribution >= 4 is 11.7 Å². The van der Waals surface area contributed by atoms with Gasteiger partial charge >= 0.3 is 5.97 Å². The summed E-state index contributed by atoms with van der Waals surface area (Å²) in [6.45, 7) is 8.33. The molecule has 0 saturated carbocycles. The molecule has 0 radical (unpaired) electrons. The number of fused-ring (bicyclic) bond motifs is 1. The van der Waals surface area contributed by atoms with Crippen LogP contribution in [0.1, 0.15) is 52.0 Å². The summed E-state index contributed by atoms with van der Waals surface area (Å²) in [5.74, 6) is -0.209. The first-order valence-corrected chi connectivity index (χ1v) is 7.48. The Morgan fingerprint density at radius 2 is 2.19 bits per heavy atom. The third-order valence-corrected chi connectivity index (χ3v) is 4.41. The topological polar surface area (TPSA) is 29.5 Å². The van der Waals surface area contributed by atoms with Crippen LogP contribution in [0.2, 0.25) is 0 Å². The molecule has 0 unspecified atom stereocenters. The quantitative estimate of drug-likeness (QED) is 0.792. The van der Waals surface area contributed by atoms with E-state index < -0.39 is 0 Å². The number of carbonyl (C=O) groups excluding carboxylic acids is 1. The van der Waals surface area contributed by atoms with Crippen molar-refractivity contribution in [2.24, 2.45) is 0 Å². The van der Waals surface area contributed by atoms with E-state index in [9.17, 15) is 9.18 Å². The lowest BCUT2D eigenvalue weighted by Crippen LogP contribution is -2.56. The maximum absolute atomic E-state index is 13.6. The minimum absolute atomic E-state index is 0.181. The molecule has 1 aromatic carbocycles. The van der Waals surface area contributed by atoms with Gasteiger partial charge in [0.05, 0.1) is 7.11 Å². The van der Waals surface area contributed by atoms with Gasteiger partial charge in [0.25, 0.3) is 0 Å². The van der Waals surface area contributed by atoms with Crippen molar-refractivity contribution in [3.8, 4) is 0 Å². The second-order valence-electron chi connectivity index (χ2n) is 6.44. The monoisotopic (exact) mass is 293 g/mol. The molecule has 2 rings (SSSR count). The van der Waals surface area contributed by atoms with E-state index in [4.69, 9.17) is 4.74 Å². The number of halogens is 1. The van der Waals surface area contributed by atoms with E-state index in [2.05, 4.69) is 25.7 Å². The number of benzene rings is 1. The van der Waals surface area contributed by atoms with Crippen molar-refractivity contribution in [1.29, 1.82) is 0 Å². The summed E-state index contributed by atoms with van der Waals surface area (Å²) < 4.78 is 18.5. The summed E-state index contributed by atoms with van der Waals surface area (Å²) in [5, 5.41) is 0. The second-order valence-corrected chi connectivity index (χ2v) is 6.44. The van der Waals surface area contributed by atoms with Crippen LogP contribution in [0.3, 0.4) is 0 Å². The highest BCUT2D eigenvalue weighted by Crippen LogP contribution is 2.45. The maximum Gasteiger partial charge on any atom is 0.328 e. The van der Waals surface area contributed by atoms with Gasteiger partial charge in [0.1, 0.15) is 11.9 Å². The van der Waals surface area contributed by atoms with E-state index in [1.165, 1.54) is 13.2 Å².